The lowest BCUT2D eigenvalue weighted by molar-refractivity contribution is 0.0730. The fourth-order valence-corrected chi connectivity index (χ4v) is 5.15. The van der Waals surface area contributed by atoms with Crippen LogP contribution in [-0.4, -0.2) is 59.7 Å². The van der Waals surface area contributed by atoms with E-state index in [1.54, 1.807) is 42.1 Å². The number of amides is 1. The molecule has 2 aromatic heterocycles. The fourth-order valence-electron chi connectivity index (χ4n) is 3.74. The third kappa shape index (κ3) is 4.18. The highest BCUT2D eigenvalue weighted by Gasteiger charge is 2.26. The molecule has 10 heteroatoms. The van der Waals surface area contributed by atoms with Gasteiger partial charge < -0.3 is 10.1 Å². The number of sulfonamides is 1. The minimum atomic E-state index is -3.53. The zero-order chi connectivity index (χ0) is 22.2. The number of rotatable bonds is 5. The molecule has 0 unspecified atom stereocenters. The van der Waals surface area contributed by atoms with Gasteiger partial charge in [-0.15, -0.1) is 0 Å². The molecule has 1 aromatic carbocycles. The van der Waals surface area contributed by atoms with Gasteiger partial charge in [0.2, 0.25) is 10.0 Å². The number of pyridine rings is 1. The van der Waals surface area contributed by atoms with Crippen LogP contribution < -0.4 is 5.32 Å². The normalized spacial score (nSPS) is 15.3. The second-order valence-electron chi connectivity index (χ2n) is 7.56. The number of aromatic nitrogens is 3. The molecule has 0 radical (unpaired) electrons. The van der Waals surface area contributed by atoms with Gasteiger partial charge in [-0.25, -0.2) is 13.4 Å². The van der Waals surface area contributed by atoms with Gasteiger partial charge in [-0.05, 0) is 37.6 Å². The van der Waals surface area contributed by atoms with Crippen molar-refractivity contribution in [2.45, 2.75) is 25.3 Å². The SMILES string of the molecule is Cc1cc(C(=O)NCc2ccc(S(=O)(=O)N3CCOCC3)cc2)c2c(C)nn(C)c2n1. The number of morpholine rings is 1. The maximum absolute atomic E-state index is 12.9. The number of nitrogens with one attached hydrogen (secondary N) is 1. The molecule has 9 nitrogen and oxygen atoms in total. The summed E-state index contributed by atoms with van der Waals surface area (Å²) in [7, 11) is -1.73. The zero-order valence-corrected chi connectivity index (χ0v) is 18.6. The predicted octanol–water partition coefficient (Wildman–Crippen LogP) is 1.54. The Bertz CT molecular complexity index is 1230. The Labute approximate surface area is 181 Å². The molecule has 0 aliphatic carbocycles. The first-order valence-corrected chi connectivity index (χ1v) is 11.5. The van der Waals surface area contributed by atoms with Crippen molar-refractivity contribution in [3.63, 3.8) is 0 Å². The van der Waals surface area contributed by atoms with E-state index in [2.05, 4.69) is 15.4 Å². The van der Waals surface area contributed by atoms with Crippen LogP contribution in [0, 0.1) is 13.8 Å². The molecule has 1 N–H and O–H groups in total. The van der Waals surface area contributed by atoms with Gasteiger partial charge >= 0.3 is 0 Å². The molecule has 1 fully saturated rings. The maximum Gasteiger partial charge on any atom is 0.252 e. The topological polar surface area (TPSA) is 106 Å². The predicted molar refractivity (Wildman–Crippen MR) is 115 cm³/mol. The van der Waals surface area contributed by atoms with Crippen LogP contribution in [0.5, 0.6) is 0 Å². The Morgan fingerprint density at radius 1 is 1.16 bits per heavy atom. The maximum atomic E-state index is 12.9. The van der Waals surface area contributed by atoms with Crippen molar-refractivity contribution in [2.75, 3.05) is 26.3 Å². The molecule has 1 saturated heterocycles. The van der Waals surface area contributed by atoms with Gasteiger partial charge in [0.05, 0.1) is 34.8 Å². The van der Waals surface area contributed by atoms with Crippen molar-refractivity contribution in [3.05, 3.63) is 52.8 Å². The van der Waals surface area contributed by atoms with Gasteiger partial charge in [0, 0.05) is 32.4 Å². The number of nitrogens with zero attached hydrogens (tertiary/aromatic N) is 4. The van der Waals surface area contributed by atoms with E-state index in [0.717, 1.165) is 22.3 Å². The highest BCUT2D eigenvalue weighted by molar-refractivity contribution is 7.89. The van der Waals surface area contributed by atoms with E-state index >= 15 is 0 Å². The quantitative estimate of drug-likeness (QED) is 0.641. The first-order valence-electron chi connectivity index (χ1n) is 10.0. The summed E-state index contributed by atoms with van der Waals surface area (Å²) >= 11 is 0. The van der Waals surface area contributed by atoms with E-state index in [4.69, 9.17) is 4.74 Å². The average molecular weight is 444 g/mol. The smallest absolute Gasteiger partial charge is 0.252 e. The molecule has 164 valence electrons. The van der Waals surface area contributed by atoms with Gasteiger partial charge in [-0.2, -0.15) is 9.40 Å². The Morgan fingerprint density at radius 3 is 2.52 bits per heavy atom. The van der Waals surface area contributed by atoms with Crippen molar-refractivity contribution in [3.8, 4) is 0 Å². The number of ether oxygens (including phenoxy) is 1. The van der Waals surface area contributed by atoms with E-state index < -0.39 is 10.0 Å². The Morgan fingerprint density at radius 2 is 1.84 bits per heavy atom. The van der Waals surface area contributed by atoms with Gasteiger partial charge in [0.15, 0.2) is 5.65 Å². The Balaban J connectivity index is 1.49. The summed E-state index contributed by atoms with van der Waals surface area (Å²) in [6.07, 6.45) is 0. The molecular formula is C21H25N5O4S. The van der Waals surface area contributed by atoms with Crippen LogP contribution in [0.15, 0.2) is 35.2 Å². The third-order valence-electron chi connectivity index (χ3n) is 5.33. The molecule has 3 heterocycles. The minimum absolute atomic E-state index is 0.225. The molecule has 1 amide bonds. The van der Waals surface area contributed by atoms with Crippen molar-refractivity contribution in [1.29, 1.82) is 0 Å². The number of carbonyl (C=O) groups excluding carboxylic acids is 1. The number of aryl methyl sites for hydroxylation is 3. The van der Waals surface area contributed by atoms with Crippen LogP contribution in [0.4, 0.5) is 0 Å². The average Bonchev–Trinajstić information content (AvgIpc) is 3.05. The summed E-state index contributed by atoms with van der Waals surface area (Å²) < 4.78 is 33.8. The fraction of sp³-hybridized carbons (Fsp3) is 0.381. The van der Waals surface area contributed by atoms with E-state index in [1.807, 2.05) is 13.8 Å². The van der Waals surface area contributed by atoms with Gasteiger partial charge in [-0.3, -0.25) is 9.48 Å². The molecule has 0 atom stereocenters. The Hall–Kier alpha value is -2.82. The summed E-state index contributed by atoms with van der Waals surface area (Å²) in [5.74, 6) is -0.225. The Kier molecular flexibility index (Phi) is 5.78. The lowest BCUT2D eigenvalue weighted by Gasteiger charge is -2.26. The van der Waals surface area contributed by atoms with Crippen LogP contribution >= 0.6 is 0 Å². The molecule has 3 aromatic rings. The first kappa shape index (κ1) is 21.4. The highest BCUT2D eigenvalue weighted by Crippen LogP contribution is 2.22. The number of fused-ring (bicyclic) bond motifs is 1. The molecular weight excluding hydrogens is 418 g/mol. The van der Waals surface area contributed by atoms with Crippen molar-refractivity contribution in [1.82, 2.24) is 24.4 Å². The number of benzene rings is 1. The molecule has 0 saturated carbocycles. The van der Waals surface area contributed by atoms with Crippen molar-refractivity contribution >= 4 is 27.0 Å². The van der Waals surface area contributed by atoms with Gasteiger partial charge in [0.1, 0.15) is 0 Å². The molecule has 0 spiro atoms. The largest absolute Gasteiger partial charge is 0.379 e. The summed E-state index contributed by atoms with van der Waals surface area (Å²) in [6.45, 7) is 5.49. The molecule has 1 aliphatic heterocycles. The summed E-state index contributed by atoms with van der Waals surface area (Å²) in [5, 5.41) is 8.02. The highest BCUT2D eigenvalue weighted by atomic mass is 32.2. The molecule has 4 rings (SSSR count). The first-order chi connectivity index (χ1) is 14.8. The molecule has 31 heavy (non-hydrogen) atoms. The summed E-state index contributed by atoms with van der Waals surface area (Å²) in [5.41, 5.74) is 3.48. The van der Waals surface area contributed by atoms with E-state index in [1.165, 1.54) is 4.31 Å². The zero-order valence-electron chi connectivity index (χ0n) is 17.8. The second-order valence-corrected chi connectivity index (χ2v) is 9.50. The summed E-state index contributed by atoms with van der Waals surface area (Å²) in [4.78, 5) is 17.6. The van der Waals surface area contributed by atoms with Crippen LogP contribution in [0.1, 0.15) is 27.3 Å². The van der Waals surface area contributed by atoms with Crippen LogP contribution in [0.3, 0.4) is 0 Å². The van der Waals surface area contributed by atoms with E-state index in [9.17, 15) is 13.2 Å². The second kappa shape index (κ2) is 8.37. The van der Waals surface area contributed by atoms with Crippen molar-refractivity contribution < 1.29 is 17.9 Å². The number of carbonyl (C=O) groups is 1. The van der Waals surface area contributed by atoms with Gasteiger partial charge in [-0.1, -0.05) is 12.1 Å². The van der Waals surface area contributed by atoms with Crippen LogP contribution in [0.25, 0.3) is 11.0 Å². The lowest BCUT2D eigenvalue weighted by Crippen LogP contribution is -2.40. The van der Waals surface area contributed by atoms with Crippen LogP contribution in [-0.2, 0) is 28.4 Å². The van der Waals surface area contributed by atoms with Crippen molar-refractivity contribution in [2.24, 2.45) is 7.05 Å². The minimum Gasteiger partial charge on any atom is -0.379 e. The molecule has 0 bridgehead atoms. The number of hydrogen-bond acceptors (Lipinski definition) is 6. The third-order valence-corrected chi connectivity index (χ3v) is 7.24. The summed E-state index contributed by atoms with van der Waals surface area (Å²) in [6, 6.07) is 8.34. The molecule has 1 aliphatic rings. The van der Waals surface area contributed by atoms with Gasteiger partial charge in [0.25, 0.3) is 5.91 Å². The number of hydrogen-bond donors (Lipinski definition) is 1. The van der Waals surface area contributed by atoms with E-state index in [-0.39, 0.29) is 17.3 Å². The van der Waals surface area contributed by atoms with E-state index in [0.29, 0.717) is 37.5 Å². The lowest BCUT2D eigenvalue weighted by atomic mass is 10.1. The monoisotopic (exact) mass is 443 g/mol. The van der Waals surface area contributed by atoms with Crippen LogP contribution in [0.2, 0.25) is 0 Å². The standard InChI is InChI=1S/C21H25N5O4S/c1-14-12-18(19-15(2)24-25(3)20(19)23-14)21(27)22-13-16-4-6-17(7-5-16)31(28,29)26-8-10-30-11-9-26/h4-7,12H,8-11,13H2,1-3H3,(H,22,27).